The molecule has 0 aliphatic carbocycles. The lowest BCUT2D eigenvalue weighted by Crippen LogP contribution is -2.44. The molecular formula is C18H20ClFN2O2S. The standard InChI is InChI=1S/C18H20ClFN2O2S/c1-21(10-15-6-7-17(19)25-15)18(23)12-22-8-9-24-16(11-22)13-2-4-14(20)5-3-13/h2-7,16H,8-12H2,1H3/t16-/m0/s1. The predicted molar refractivity (Wildman–Crippen MR) is 97.3 cm³/mol. The van der Waals surface area contributed by atoms with Gasteiger partial charge in [-0.2, -0.15) is 0 Å². The number of hydrogen-bond acceptors (Lipinski definition) is 4. The van der Waals surface area contributed by atoms with E-state index in [-0.39, 0.29) is 17.8 Å². The second-order valence-electron chi connectivity index (χ2n) is 6.10. The van der Waals surface area contributed by atoms with E-state index in [0.29, 0.717) is 32.8 Å². The molecule has 7 heteroatoms. The summed E-state index contributed by atoms with van der Waals surface area (Å²) in [5.41, 5.74) is 0.931. The first-order valence-electron chi connectivity index (χ1n) is 8.09. The Morgan fingerprint density at radius 2 is 2.12 bits per heavy atom. The Morgan fingerprint density at radius 1 is 1.36 bits per heavy atom. The molecule has 4 nitrogen and oxygen atoms in total. The van der Waals surface area contributed by atoms with Gasteiger partial charge in [0.2, 0.25) is 5.91 Å². The molecule has 0 radical (unpaired) electrons. The van der Waals surface area contributed by atoms with Crippen molar-refractivity contribution < 1.29 is 13.9 Å². The average molecular weight is 383 g/mol. The third-order valence-corrected chi connectivity index (χ3v) is 5.41. The van der Waals surface area contributed by atoms with E-state index in [1.54, 1.807) is 24.1 Å². The molecule has 2 heterocycles. The molecule has 2 aromatic rings. The van der Waals surface area contributed by atoms with Crippen LogP contribution in [0.25, 0.3) is 0 Å². The van der Waals surface area contributed by atoms with Gasteiger partial charge in [0.15, 0.2) is 0 Å². The molecule has 1 aromatic carbocycles. The summed E-state index contributed by atoms with van der Waals surface area (Å²) in [5.74, 6) is -0.203. The van der Waals surface area contributed by atoms with Crippen molar-refractivity contribution in [2.45, 2.75) is 12.6 Å². The fourth-order valence-electron chi connectivity index (χ4n) is 2.80. The Kier molecular flexibility index (Phi) is 6.06. The van der Waals surface area contributed by atoms with Crippen LogP contribution in [0.2, 0.25) is 4.34 Å². The normalized spacial score (nSPS) is 18.3. The van der Waals surface area contributed by atoms with Crippen molar-refractivity contribution in [3.05, 3.63) is 57.0 Å². The van der Waals surface area contributed by atoms with Crippen LogP contribution in [0.5, 0.6) is 0 Å². The maximum atomic E-state index is 13.1. The maximum Gasteiger partial charge on any atom is 0.236 e. The predicted octanol–water partition coefficient (Wildman–Crippen LogP) is 3.57. The molecule has 25 heavy (non-hydrogen) atoms. The molecule has 1 aliphatic rings. The van der Waals surface area contributed by atoms with Gasteiger partial charge in [-0.05, 0) is 29.8 Å². The van der Waals surface area contributed by atoms with E-state index in [9.17, 15) is 9.18 Å². The molecule has 0 bridgehead atoms. The molecule has 1 aliphatic heterocycles. The Balaban J connectivity index is 1.54. The van der Waals surface area contributed by atoms with E-state index in [2.05, 4.69) is 4.90 Å². The zero-order valence-corrected chi connectivity index (χ0v) is 15.5. The van der Waals surface area contributed by atoms with E-state index < -0.39 is 0 Å². The zero-order chi connectivity index (χ0) is 17.8. The van der Waals surface area contributed by atoms with Crippen LogP contribution in [-0.4, -0.2) is 49.0 Å². The van der Waals surface area contributed by atoms with Crippen LogP contribution in [-0.2, 0) is 16.1 Å². The Labute approximate surface area is 155 Å². The number of halogens is 2. The van der Waals surface area contributed by atoms with Crippen LogP contribution in [0.1, 0.15) is 16.5 Å². The lowest BCUT2D eigenvalue weighted by Gasteiger charge is -2.33. The van der Waals surface area contributed by atoms with Gasteiger partial charge < -0.3 is 9.64 Å². The number of hydrogen-bond donors (Lipinski definition) is 0. The number of thiophene rings is 1. The summed E-state index contributed by atoms with van der Waals surface area (Å²) < 4.78 is 19.6. The van der Waals surface area contributed by atoms with Crippen molar-refractivity contribution in [2.24, 2.45) is 0 Å². The third kappa shape index (κ3) is 5.01. The largest absolute Gasteiger partial charge is 0.371 e. The Hall–Kier alpha value is -1.47. The quantitative estimate of drug-likeness (QED) is 0.792. The third-order valence-electron chi connectivity index (χ3n) is 4.20. The lowest BCUT2D eigenvalue weighted by atomic mass is 10.1. The van der Waals surface area contributed by atoms with Gasteiger partial charge in [0.25, 0.3) is 0 Å². The van der Waals surface area contributed by atoms with E-state index >= 15 is 0 Å². The molecule has 0 N–H and O–H groups in total. The number of likely N-dealkylation sites (N-methyl/N-ethyl adjacent to an activating group) is 1. The van der Waals surface area contributed by atoms with Gasteiger partial charge >= 0.3 is 0 Å². The molecular weight excluding hydrogens is 363 g/mol. The van der Waals surface area contributed by atoms with E-state index in [0.717, 1.165) is 14.8 Å². The highest BCUT2D eigenvalue weighted by Crippen LogP contribution is 2.24. The highest BCUT2D eigenvalue weighted by molar-refractivity contribution is 7.16. The SMILES string of the molecule is CN(Cc1ccc(Cl)s1)C(=O)CN1CCO[C@H](c2ccc(F)cc2)C1. The molecule has 1 amide bonds. The second kappa shape index (κ2) is 8.27. The monoisotopic (exact) mass is 382 g/mol. The van der Waals surface area contributed by atoms with Gasteiger partial charge in [0, 0.05) is 25.0 Å². The topological polar surface area (TPSA) is 32.8 Å². The number of carbonyl (C=O) groups excluding carboxylic acids is 1. The van der Waals surface area contributed by atoms with Gasteiger partial charge in [-0.25, -0.2) is 4.39 Å². The molecule has 0 unspecified atom stereocenters. The highest BCUT2D eigenvalue weighted by atomic mass is 35.5. The summed E-state index contributed by atoms with van der Waals surface area (Å²) in [6.45, 7) is 2.79. The van der Waals surface area contributed by atoms with Crippen molar-refractivity contribution in [3.63, 3.8) is 0 Å². The number of nitrogens with zero attached hydrogens (tertiary/aromatic N) is 2. The van der Waals surface area contributed by atoms with Crippen LogP contribution in [0, 0.1) is 5.82 Å². The number of ether oxygens (including phenoxy) is 1. The molecule has 1 saturated heterocycles. The van der Waals surface area contributed by atoms with E-state index in [1.807, 2.05) is 12.1 Å². The van der Waals surface area contributed by atoms with Crippen molar-refractivity contribution >= 4 is 28.8 Å². The smallest absolute Gasteiger partial charge is 0.236 e. The van der Waals surface area contributed by atoms with Gasteiger partial charge in [-0.15, -0.1) is 11.3 Å². The molecule has 1 fully saturated rings. The van der Waals surface area contributed by atoms with Crippen LogP contribution in [0.4, 0.5) is 4.39 Å². The molecule has 1 atom stereocenters. The van der Waals surface area contributed by atoms with Crippen molar-refractivity contribution in [3.8, 4) is 0 Å². The van der Waals surface area contributed by atoms with Crippen LogP contribution in [0.15, 0.2) is 36.4 Å². The first-order valence-corrected chi connectivity index (χ1v) is 9.28. The first-order chi connectivity index (χ1) is 12.0. The summed E-state index contributed by atoms with van der Waals surface area (Å²) >= 11 is 7.42. The van der Waals surface area contributed by atoms with E-state index in [1.165, 1.54) is 23.5 Å². The molecule has 134 valence electrons. The number of amides is 1. The lowest BCUT2D eigenvalue weighted by molar-refractivity contribution is -0.133. The zero-order valence-electron chi connectivity index (χ0n) is 14.0. The number of carbonyl (C=O) groups is 1. The van der Waals surface area contributed by atoms with Gasteiger partial charge in [-0.3, -0.25) is 9.69 Å². The fourth-order valence-corrected chi connectivity index (χ4v) is 3.94. The maximum absolute atomic E-state index is 13.1. The number of benzene rings is 1. The Morgan fingerprint density at radius 3 is 2.80 bits per heavy atom. The minimum absolute atomic E-state index is 0.0595. The van der Waals surface area contributed by atoms with Crippen molar-refractivity contribution in [1.29, 1.82) is 0 Å². The minimum atomic E-state index is -0.262. The first kappa shape index (κ1) is 18.3. The fraction of sp³-hybridized carbons (Fsp3) is 0.389. The summed E-state index contributed by atoms with van der Waals surface area (Å²) in [6.07, 6.45) is -0.136. The van der Waals surface area contributed by atoms with Crippen LogP contribution in [0.3, 0.4) is 0 Å². The van der Waals surface area contributed by atoms with Crippen molar-refractivity contribution in [1.82, 2.24) is 9.80 Å². The molecule has 1 aromatic heterocycles. The molecule has 0 spiro atoms. The van der Waals surface area contributed by atoms with Crippen molar-refractivity contribution in [2.75, 3.05) is 33.3 Å². The highest BCUT2D eigenvalue weighted by Gasteiger charge is 2.24. The molecule has 3 rings (SSSR count). The van der Waals surface area contributed by atoms with E-state index in [4.69, 9.17) is 16.3 Å². The minimum Gasteiger partial charge on any atom is -0.371 e. The Bertz CT molecular complexity index is 722. The van der Waals surface area contributed by atoms with Gasteiger partial charge in [0.1, 0.15) is 5.82 Å². The van der Waals surface area contributed by atoms with Crippen LogP contribution < -0.4 is 0 Å². The molecule has 0 saturated carbocycles. The second-order valence-corrected chi connectivity index (χ2v) is 7.90. The number of rotatable bonds is 5. The summed E-state index contributed by atoms with van der Waals surface area (Å²) in [5, 5.41) is 0. The van der Waals surface area contributed by atoms with Gasteiger partial charge in [-0.1, -0.05) is 23.7 Å². The summed E-state index contributed by atoms with van der Waals surface area (Å²) in [7, 11) is 1.80. The summed E-state index contributed by atoms with van der Waals surface area (Å²) in [6, 6.07) is 10.1. The average Bonchev–Trinajstić information content (AvgIpc) is 3.00. The van der Waals surface area contributed by atoms with Crippen LogP contribution >= 0.6 is 22.9 Å². The number of morpholine rings is 1. The summed E-state index contributed by atoms with van der Waals surface area (Å²) in [4.78, 5) is 17.3. The van der Waals surface area contributed by atoms with Gasteiger partial charge in [0.05, 0.1) is 30.1 Å².